The normalized spacial score (nSPS) is 10.8. The summed E-state index contributed by atoms with van der Waals surface area (Å²) in [5, 5.41) is 14.3. The Hall–Kier alpha value is -4.13. The molecule has 0 radical (unpaired) electrons. The van der Waals surface area contributed by atoms with E-state index in [-0.39, 0.29) is 17.4 Å². The monoisotopic (exact) mass is 415 g/mol. The molecule has 1 N–H and O–H groups in total. The molecule has 0 unspecified atom stereocenters. The van der Waals surface area contributed by atoms with Gasteiger partial charge in [0, 0.05) is 28.8 Å². The number of aromatic nitrogens is 1. The average molecular weight is 415 g/mol. The van der Waals surface area contributed by atoms with Gasteiger partial charge in [-0.25, -0.2) is 9.37 Å². The SMILES string of the molecule is Cc1cc(C)c2nc(-c3ccc(F)cc3)cc(C(=O)Nc3ccc([N+](=O)[O-])cc3)c2c1. The molecule has 1 amide bonds. The van der Waals surface area contributed by atoms with Gasteiger partial charge in [-0.2, -0.15) is 0 Å². The Bertz CT molecular complexity index is 1320. The number of carbonyl (C=O) groups is 1. The molecule has 4 aromatic rings. The van der Waals surface area contributed by atoms with E-state index >= 15 is 0 Å². The number of aryl methyl sites for hydroxylation is 2. The Morgan fingerprint density at radius 3 is 2.32 bits per heavy atom. The van der Waals surface area contributed by atoms with Crippen molar-refractivity contribution in [2.24, 2.45) is 0 Å². The number of rotatable bonds is 4. The molecule has 0 aliphatic heterocycles. The summed E-state index contributed by atoms with van der Waals surface area (Å²) in [6.07, 6.45) is 0. The third-order valence-corrected chi connectivity index (χ3v) is 4.97. The standard InChI is InChI=1S/C24H18FN3O3/c1-14-11-15(2)23-20(12-14)21(13-22(27-23)16-3-5-17(25)6-4-16)24(29)26-18-7-9-19(10-8-18)28(30)31/h3-13H,1-2H3,(H,26,29). The topological polar surface area (TPSA) is 85.1 Å². The molecule has 154 valence electrons. The van der Waals surface area contributed by atoms with Gasteiger partial charge in [-0.3, -0.25) is 14.9 Å². The fourth-order valence-electron chi connectivity index (χ4n) is 3.50. The van der Waals surface area contributed by atoms with Crippen molar-refractivity contribution in [3.05, 3.63) is 99.4 Å². The minimum Gasteiger partial charge on any atom is -0.322 e. The number of nitrogens with one attached hydrogen (secondary N) is 1. The van der Waals surface area contributed by atoms with Crippen molar-refractivity contribution in [2.45, 2.75) is 13.8 Å². The summed E-state index contributed by atoms with van der Waals surface area (Å²) in [5.41, 5.74) is 4.62. The second kappa shape index (κ2) is 7.95. The fraction of sp³-hybridized carbons (Fsp3) is 0.0833. The lowest BCUT2D eigenvalue weighted by Gasteiger charge is -2.13. The maximum Gasteiger partial charge on any atom is 0.269 e. The Balaban J connectivity index is 1.81. The van der Waals surface area contributed by atoms with Crippen LogP contribution in [0.25, 0.3) is 22.2 Å². The van der Waals surface area contributed by atoms with E-state index in [1.54, 1.807) is 18.2 Å². The summed E-state index contributed by atoms with van der Waals surface area (Å²) in [6.45, 7) is 3.87. The third kappa shape index (κ3) is 4.11. The minimum atomic E-state index is -0.498. The van der Waals surface area contributed by atoms with Gasteiger partial charge in [0.2, 0.25) is 0 Å². The highest BCUT2D eigenvalue weighted by molar-refractivity contribution is 6.13. The van der Waals surface area contributed by atoms with Gasteiger partial charge < -0.3 is 5.32 Å². The van der Waals surface area contributed by atoms with E-state index in [0.29, 0.717) is 33.4 Å². The molecular formula is C24H18FN3O3. The number of nitro groups is 1. The predicted octanol–water partition coefficient (Wildman–Crippen LogP) is 5.82. The second-order valence-corrected chi connectivity index (χ2v) is 7.30. The Morgan fingerprint density at radius 1 is 1.00 bits per heavy atom. The highest BCUT2D eigenvalue weighted by Crippen LogP contribution is 2.29. The molecule has 1 heterocycles. The van der Waals surface area contributed by atoms with Crippen LogP contribution in [0.15, 0.2) is 66.7 Å². The Kier molecular flexibility index (Phi) is 5.17. The highest BCUT2D eigenvalue weighted by Gasteiger charge is 2.17. The zero-order valence-electron chi connectivity index (χ0n) is 16.8. The third-order valence-electron chi connectivity index (χ3n) is 4.97. The van der Waals surface area contributed by atoms with Crippen LogP contribution in [0.5, 0.6) is 0 Å². The minimum absolute atomic E-state index is 0.0581. The van der Waals surface area contributed by atoms with Crippen molar-refractivity contribution in [3.8, 4) is 11.3 Å². The number of benzene rings is 3. The fourth-order valence-corrected chi connectivity index (χ4v) is 3.50. The molecule has 3 aromatic carbocycles. The number of nitrogens with zero attached hydrogens (tertiary/aromatic N) is 2. The molecule has 31 heavy (non-hydrogen) atoms. The average Bonchev–Trinajstić information content (AvgIpc) is 2.74. The number of non-ortho nitro benzene ring substituents is 1. The molecule has 0 atom stereocenters. The van der Waals surface area contributed by atoms with E-state index in [9.17, 15) is 19.3 Å². The van der Waals surface area contributed by atoms with Crippen LogP contribution in [0.3, 0.4) is 0 Å². The predicted molar refractivity (Wildman–Crippen MR) is 118 cm³/mol. The lowest BCUT2D eigenvalue weighted by atomic mass is 9.99. The molecule has 1 aromatic heterocycles. The first-order valence-corrected chi connectivity index (χ1v) is 9.55. The van der Waals surface area contributed by atoms with Crippen LogP contribution < -0.4 is 5.32 Å². The number of nitro benzene ring substituents is 1. The number of pyridine rings is 1. The number of hydrogen-bond acceptors (Lipinski definition) is 4. The van der Waals surface area contributed by atoms with E-state index in [0.717, 1.165) is 11.1 Å². The molecule has 0 saturated heterocycles. The van der Waals surface area contributed by atoms with E-state index < -0.39 is 4.92 Å². The smallest absolute Gasteiger partial charge is 0.269 e. The quantitative estimate of drug-likeness (QED) is 0.336. The van der Waals surface area contributed by atoms with Gasteiger partial charge in [-0.05, 0) is 67.9 Å². The molecule has 0 aliphatic rings. The Morgan fingerprint density at radius 2 is 1.68 bits per heavy atom. The number of hydrogen-bond donors (Lipinski definition) is 1. The maximum atomic E-state index is 13.4. The van der Waals surface area contributed by atoms with Crippen molar-refractivity contribution in [3.63, 3.8) is 0 Å². The number of amides is 1. The summed E-state index contributed by atoms with van der Waals surface area (Å²) in [7, 11) is 0. The van der Waals surface area contributed by atoms with Gasteiger partial charge >= 0.3 is 0 Å². The van der Waals surface area contributed by atoms with Crippen molar-refractivity contribution >= 4 is 28.2 Å². The molecule has 0 fully saturated rings. The van der Waals surface area contributed by atoms with Crippen LogP contribution in [0, 0.1) is 29.8 Å². The largest absolute Gasteiger partial charge is 0.322 e. The number of anilines is 1. The number of carbonyl (C=O) groups excluding carboxylic acids is 1. The van der Waals surface area contributed by atoms with Gasteiger partial charge in [-0.15, -0.1) is 0 Å². The molecule has 0 bridgehead atoms. The molecule has 7 heteroatoms. The lowest BCUT2D eigenvalue weighted by Crippen LogP contribution is -2.13. The summed E-state index contributed by atoms with van der Waals surface area (Å²) in [6, 6.07) is 17.1. The molecule has 6 nitrogen and oxygen atoms in total. The van der Waals surface area contributed by atoms with Crippen LogP contribution >= 0.6 is 0 Å². The van der Waals surface area contributed by atoms with E-state index in [1.165, 1.54) is 36.4 Å². The van der Waals surface area contributed by atoms with Crippen molar-refractivity contribution in [1.82, 2.24) is 4.98 Å². The zero-order valence-corrected chi connectivity index (χ0v) is 16.8. The van der Waals surface area contributed by atoms with E-state index in [2.05, 4.69) is 5.32 Å². The summed E-state index contributed by atoms with van der Waals surface area (Å²) < 4.78 is 13.4. The lowest BCUT2D eigenvalue weighted by molar-refractivity contribution is -0.384. The van der Waals surface area contributed by atoms with Crippen molar-refractivity contribution in [1.29, 1.82) is 0 Å². The zero-order chi connectivity index (χ0) is 22.1. The Labute approximate surface area is 177 Å². The van der Waals surface area contributed by atoms with Gasteiger partial charge in [0.15, 0.2) is 0 Å². The number of halogens is 1. The number of fused-ring (bicyclic) bond motifs is 1. The van der Waals surface area contributed by atoms with Crippen LogP contribution in [-0.4, -0.2) is 15.8 Å². The first-order valence-electron chi connectivity index (χ1n) is 9.55. The second-order valence-electron chi connectivity index (χ2n) is 7.30. The molecule has 4 rings (SSSR count). The first kappa shape index (κ1) is 20.2. The summed E-state index contributed by atoms with van der Waals surface area (Å²) >= 11 is 0. The van der Waals surface area contributed by atoms with Crippen molar-refractivity contribution < 1.29 is 14.1 Å². The van der Waals surface area contributed by atoms with Crippen LogP contribution in [0.4, 0.5) is 15.8 Å². The van der Waals surface area contributed by atoms with Gasteiger partial charge in [0.25, 0.3) is 11.6 Å². The summed E-state index contributed by atoms with van der Waals surface area (Å²) in [4.78, 5) is 28.2. The van der Waals surface area contributed by atoms with Crippen LogP contribution in [0.1, 0.15) is 21.5 Å². The van der Waals surface area contributed by atoms with Gasteiger partial charge in [0.05, 0.1) is 21.7 Å². The van der Waals surface area contributed by atoms with E-state index in [1.807, 2.05) is 26.0 Å². The van der Waals surface area contributed by atoms with Crippen LogP contribution in [0.2, 0.25) is 0 Å². The van der Waals surface area contributed by atoms with E-state index in [4.69, 9.17) is 4.98 Å². The van der Waals surface area contributed by atoms with Gasteiger partial charge in [0.1, 0.15) is 5.82 Å². The maximum absolute atomic E-state index is 13.4. The van der Waals surface area contributed by atoms with Crippen LogP contribution in [-0.2, 0) is 0 Å². The molecule has 0 aliphatic carbocycles. The summed E-state index contributed by atoms with van der Waals surface area (Å²) in [5.74, 6) is -0.720. The highest BCUT2D eigenvalue weighted by atomic mass is 19.1. The molecule has 0 saturated carbocycles. The van der Waals surface area contributed by atoms with Crippen molar-refractivity contribution in [2.75, 3.05) is 5.32 Å². The molecule has 0 spiro atoms. The first-order chi connectivity index (χ1) is 14.8. The molecular weight excluding hydrogens is 397 g/mol. The van der Waals surface area contributed by atoms with Gasteiger partial charge in [-0.1, -0.05) is 11.6 Å².